The average molecular weight is 536 g/mol. The summed E-state index contributed by atoms with van der Waals surface area (Å²) in [5, 5.41) is 13.8. The molecular formula is C27H37N9O3. The van der Waals surface area contributed by atoms with Gasteiger partial charge in [0.2, 0.25) is 5.91 Å². The van der Waals surface area contributed by atoms with E-state index in [1.165, 1.54) is 0 Å². The van der Waals surface area contributed by atoms with Gasteiger partial charge in [-0.05, 0) is 58.1 Å². The minimum absolute atomic E-state index is 0.0908. The van der Waals surface area contributed by atoms with E-state index >= 15 is 0 Å². The zero-order valence-corrected chi connectivity index (χ0v) is 22.8. The summed E-state index contributed by atoms with van der Waals surface area (Å²) in [5.74, 6) is 1.41. The predicted octanol–water partition coefficient (Wildman–Crippen LogP) is 2.07. The molecule has 12 heteroatoms. The van der Waals surface area contributed by atoms with Gasteiger partial charge in [-0.3, -0.25) is 4.79 Å². The number of fused-ring (bicyclic) bond motifs is 3. The number of amides is 3. The second kappa shape index (κ2) is 12.0. The van der Waals surface area contributed by atoms with E-state index in [9.17, 15) is 9.59 Å². The minimum atomic E-state index is -0.363. The zero-order valence-electron chi connectivity index (χ0n) is 22.8. The first-order valence-corrected chi connectivity index (χ1v) is 13.6. The lowest BCUT2D eigenvalue weighted by Gasteiger charge is -2.33. The van der Waals surface area contributed by atoms with Crippen LogP contribution in [0.25, 0.3) is 22.4 Å². The summed E-state index contributed by atoms with van der Waals surface area (Å²) in [6.45, 7) is 5.99. The molecule has 2 saturated heterocycles. The van der Waals surface area contributed by atoms with Gasteiger partial charge in [0.1, 0.15) is 5.82 Å². The van der Waals surface area contributed by atoms with Gasteiger partial charge in [0, 0.05) is 56.9 Å². The number of aromatic nitrogens is 4. The molecular weight excluding hydrogens is 498 g/mol. The highest BCUT2D eigenvalue weighted by Crippen LogP contribution is 2.33. The van der Waals surface area contributed by atoms with Gasteiger partial charge in [0.05, 0.1) is 23.8 Å². The summed E-state index contributed by atoms with van der Waals surface area (Å²) >= 11 is 0. The first kappa shape index (κ1) is 26.8. The summed E-state index contributed by atoms with van der Waals surface area (Å²) in [4.78, 5) is 38.3. The standard InChI is InChI=1S/C27H37N9O3/c1-4-36-26-22(15-30-36)25(35-16-20-9-10-21(17-35)39-20)32-24(33-26)18-5-7-19(8-6-18)31-27(38)29-12-11-23(37)28-13-14-34(2)3/h5-8,15,20-21H,4,9-14,16-17H2,1-3H3,(H,28,37)(H2,29,31,38). The summed E-state index contributed by atoms with van der Waals surface area (Å²) < 4.78 is 7.93. The maximum absolute atomic E-state index is 12.3. The van der Waals surface area contributed by atoms with Crippen LogP contribution in [0.2, 0.25) is 0 Å². The zero-order chi connectivity index (χ0) is 27.4. The molecule has 4 heterocycles. The van der Waals surface area contributed by atoms with Crippen LogP contribution in [0.1, 0.15) is 26.2 Å². The fourth-order valence-electron chi connectivity index (χ4n) is 5.00. The third-order valence-electron chi connectivity index (χ3n) is 7.04. The number of morpholine rings is 1. The van der Waals surface area contributed by atoms with Crippen LogP contribution in [-0.4, -0.2) is 95.6 Å². The summed E-state index contributed by atoms with van der Waals surface area (Å²) in [6.07, 6.45) is 4.74. The first-order valence-electron chi connectivity index (χ1n) is 13.6. The number of carbonyl (C=O) groups is 2. The summed E-state index contributed by atoms with van der Waals surface area (Å²) in [6, 6.07) is 7.07. The van der Waals surface area contributed by atoms with Gasteiger partial charge in [0.15, 0.2) is 11.5 Å². The molecule has 0 saturated carbocycles. The molecule has 12 nitrogen and oxygen atoms in total. The fraction of sp³-hybridized carbons (Fsp3) is 0.519. The van der Waals surface area contributed by atoms with Crippen LogP contribution >= 0.6 is 0 Å². The second-order valence-electron chi connectivity index (χ2n) is 10.3. The summed E-state index contributed by atoms with van der Waals surface area (Å²) in [7, 11) is 3.90. The highest BCUT2D eigenvalue weighted by Gasteiger charge is 2.35. The molecule has 2 atom stereocenters. The van der Waals surface area contributed by atoms with E-state index in [2.05, 4.69) is 25.9 Å². The van der Waals surface area contributed by atoms with Crippen molar-refractivity contribution in [3.05, 3.63) is 30.5 Å². The van der Waals surface area contributed by atoms with Gasteiger partial charge < -0.3 is 30.5 Å². The van der Waals surface area contributed by atoms with Crippen LogP contribution in [0.5, 0.6) is 0 Å². The maximum atomic E-state index is 12.3. The number of hydrogen-bond acceptors (Lipinski definition) is 8. The maximum Gasteiger partial charge on any atom is 0.319 e. The van der Waals surface area contributed by atoms with Gasteiger partial charge in [-0.15, -0.1) is 0 Å². The SMILES string of the molecule is CCn1ncc2c(N3CC4CCC(C3)O4)nc(-c3ccc(NC(=O)NCCC(=O)NCCN(C)C)cc3)nc21. The third-order valence-corrected chi connectivity index (χ3v) is 7.04. The van der Waals surface area contributed by atoms with Crippen LogP contribution < -0.4 is 20.9 Å². The molecule has 3 aromatic rings. The molecule has 2 fully saturated rings. The fourth-order valence-corrected chi connectivity index (χ4v) is 5.00. The molecule has 3 amide bonds. The van der Waals surface area contributed by atoms with Crippen LogP contribution in [0, 0.1) is 0 Å². The monoisotopic (exact) mass is 535 g/mol. The molecule has 1 aromatic carbocycles. The lowest BCUT2D eigenvalue weighted by Crippen LogP contribution is -2.43. The molecule has 0 spiro atoms. The van der Waals surface area contributed by atoms with E-state index in [1.807, 2.05) is 61.1 Å². The van der Waals surface area contributed by atoms with Gasteiger partial charge in [-0.2, -0.15) is 5.10 Å². The van der Waals surface area contributed by atoms with Crippen molar-refractivity contribution in [2.45, 2.75) is 44.9 Å². The van der Waals surface area contributed by atoms with Crippen molar-refractivity contribution < 1.29 is 14.3 Å². The van der Waals surface area contributed by atoms with Crippen LogP contribution in [0.4, 0.5) is 16.3 Å². The normalized spacial score (nSPS) is 18.5. The molecule has 2 aliphatic rings. The first-order chi connectivity index (χ1) is 18.9. The van der Waals surface area contributed by atoms with E-state index in [0.717, 1.165) is 54.9 Å². The Labute approximate surface area is 228 Å². The number of anilines is 2. The Morgan fingerprint density at radius 1 is 1.05 bits per heavy atom. The molecule has 0 aliphatic carbocycles. The van der Waals surface area contributed by atoms with Gasteiger partial charge >= 0.3 is 6.03 Å². The minimum Gasteiger partial charge on any atom is -0.371 e. The highest BCUT2D eigenvalue weighted by molar-refractivity contribution is 5.91. The molecule has 39 heavy (non-hydrogen) atoms. The average Bonchev–Trinajstić information content (AvgIpc) is 3.49. The molecule has 0 radical (unpaired) electrons. The number of hydrogen-bond donors (Lipinski definition) is 3. The Hall–Kier alpha value is -3.77. The van der Waals surface area contributed by atoms with Gasteiger partial charge in [-0.1, -0.05) is 0 Å². The molecule has 2 aromatic heterocycles. The van der Waals surface area contributed by atoms with Crippen molar-refractivity contribution in [3.8, 4) is 11.4 Å². The van der Waals surface area contributed by atoms with Crippen LogP contribution in [-0.2, 0) is 16.1 Å². The van der Waals surface area contributed by atoms with E-state index in [0.29, 0.717) is 24.6 Å². The Morgan fingerprint density at radius 2 is 1.79 bits per heavy atom. The van der Waals surface area contributed by atoms with E-state index in [1.54, 1.807) is 0 Å². The number of likely N-dealkylation sites (N-methyl/N-ethyl adjacent to an activating group) is 1. The van der Waals surface area contributed by atoms with Crippen LogP contribution in [0.15, 0.2) is 30.5 Å². The number of aryl methyl sites for hydroxylation is 1. The number of carbonyl (C=O) groups excluding carboxylic acids is 2. The smallest absolute Gasteiger partial charge is 0.319 e. The lowest BCUT2D eigenvalue weighted by molar-refractivity contribution is -0.120. The van der Waals surface area contributed by atoms with E-state index in [-0.39, 0.29) is 37.1 Å². The van der Waals surface area contributed by atoms with Gasteiger partial charge in [-0.25, -0.2) is 19.4 Å². The number of rotatable bonds is 10. The van der Waals surface area contributed by atoms with Crippen molar-refractivity contribution >= 4 is 34.5 Å². The topological polar surface area (TPSA) is 130 Å². The molecule has 3 N–H and O–H groups in total. The Balaban J connectivity index is 1.24. The molecule has 208 valence electrons. The Bertz CT molecular complexity index is 1300. The summed E-state index contributed by atoms with van der Waals surface area (Å²) in [5.41, 5.74) is 2.29. The Kier molecular flexibility index (Phi) is 8.22. The van der Waals surface area contributed by atoms with Crippen LogP contribution in [0.3, 0.4) is 0 Å². The van der Waals surface area contributed by atoms with Crippen molar-refractivity contribution in [1.82, 2.24) is 35.3 Å². The van der Waals surface area contributed by atoms with E-state index in [4.69, 9.17) is 14.7 Å². The third kappa shape index (κ3) is 6.45. The molecule has 2 bridgehead atoms. The highest BCUT2D eigenvalue weighted by atomic mass is 16.5. The number of ether oxygens (including phenoxy) is 1. The van der Waals surface area contributed by atoms with Crippen molar-refractivity contribution in [2.75, 3.05) is 57.0 Å². The number of urea groups is 1. The van der Waals surface area contributed by atoms with Crippen molar-refractivity contribution in [2.24, 2.45) is 0 Å². The van der Waals surface area contributed by atoms with Crippen molar-refractivity contribution in [1.29, 1.82) is 0 Å². The predicted molar refractivity (Wildman–Crippen MR) is 150 cm³/mol. The van der Waals surface area contributed by atoms with Crippen molar-refractivity contribution in [3.63, 3.8) is 0 Å². The molecule has 5 rings (SSSR count). The molecule has 2 aliphatic heterocycles. The number of benzene rings is 1. The Morgan fingerprint density at radius 3 is 2.49 bits per heavy atom. The number of nitrogens with one attached hydrogen (secondary N) is 3. The lowest BCUT2D eigenvalue weighted by atomic mass is 10.2. The largest absolute Gasteiger partial charge is 0.371 e. The number of nitrogens with zero attached hydrogens (tertiary/aromatic N) is 6. The molecule has 2 unspecified atom stereocenters. The second-order valence-corrected chi connectivity index (χ2v) is 10.3. The quantitative estimate of drug-likeness (QED) is 0.360. The van der Waals surface area contributed by atoms with E-state index < -0.39 is 0 Å². The van der Waals surface area contributed by atoms with Gasteiger partial charge in [0.25, 0.3) is 0 Å².